The van der Waals surface area contributed by atoms with E-state index in [9.17, 15) is 4.79 Å². The van der Waals surface area contributed by atoms with Gasteiger partial charge in [-0.15, -0.1) is 0 Å². The first-order chi connectivity index (χ1) is 10.1. The molecule has 0 atom stereocenters. The highest BCUT2D eigenvalue weighted by molar-refractivity contribution is 5.74. The van der Waals surface area contributed by atoms with E-state index in [-0.39, 0.29) is 12.6 Å². The van der Waals surface area contributed by atoms with Crippen LogP contribution >= 0.6 is 0 Å². The fourth-order valence-electron chi connectivity index (χ4n) is 2.30. The highest BCUT2D eigenvalue weighted by Crippen LogP contribution is 2.24. The van der Waals surface area contributed by atoms with E-state index in [0.717, 1.165) is 22.3 Å². The molecular weight excluding hydrogens is 264 g/mol. The zero-order chi connectivity index (χ0) is 15.2. The minimum atomic E-state index is -0.374. The van der Waals surface area contributed by atoms with Crippen LogP contribution in [-0.2, 0) is 16.1 Å². The molecule has 0 aromatic heterocycles. The van der Waals surface area contributed by atoms with Gasteiger partial charge in [-0.25, -0.2) is 4.79 Å². The number of hydrogen-bond donors (Lipinski definition) is 0. The highest BCUT2D eigenvalue weighted by Gasteiger charge is 2.10. The molecule has 0 spiro atoms. The number of hydrogen-bond acceptors (Lipinski definition) is 3. The van der Waals surface area contributed by atoms with Crippen molar-refractivity contribution in [2.45, 2.75) is 27.4 Å². The maximum absolute atomic E-state index is 11.8. The monoisotopic (exact) mass is 284 g/mol. The molecule has 0 amide bonds. The van der Waals surface area contributed by atoms with Gasteiger partial charge in [-0.1, -0.05) is 48.0 Å². The lowest BCUT2D eigenvalue weighted by molar-refractivity contribution is -0.140. The third-order valence-corrected chi connectivity index (χ3v) is 3.15. The van der Waals surface area contributed by atoms with Gasteiger partial charge >= 0.3 is 5.97 Å². The van der Waals surface area contributed by atoms with Gasteiger partial charge in [-0.05, 0) is 37.5 Å². The summed E-state index contributed by atoms with van der Waals surface area (Å²) < 4.78 is 10.8. The van der Waals surface area contributed by atoms with E-state index >= 15 is 0 Å². The number of rotatable bonds is 5. The van der Waals surface area contributed by atoms with Crippen LogP contribution in [0.5, 0.6) is 5.75 Å². The van der Waals surface area contributed by atoms with Crippen LogP contribution in [-0.4, -0.2) is 12.6 Å². The first-order valence-electron chi connectivity index (χ1n) is 6.96. The molecule has 0 N–H and O–H groups in total. The second-order valence-corrected chi connectivity index (χ2v) is 5.18. The molecule has 2 aromatic carbocycles. The van der Waals surface area contributed by atoms with Crippen molar-refractivity contribution in [2.24, 2.45) is 0 Å². The third kappa shape index (κ3) is 4.43. The molecule has 110 valence electrons. The van der Waals surface area contributed by atoms with Crippen molar-refractivity contribution >= 4 is 5.97 Å². The SMILES string of the molecule is Cc1cc(C)c(OC(=O)COCc2ccccc2)c(C)c1. The van der Waals surface area contributed by atoms with E-state index in [1.54, 1.807) is 0 Å². The van der Waals surface area contributed by atoms with Gasteiger partial charge in [0.2, 0.25) is 0 Å². The molecule has 0 saturated heterocycles. The van der Waals surface area contributed by atoms with E-state index in [1.165, 1.54) is 0 Å². The van der Waals surface area contributed by atoms with Crippen LogP contribution in [0.3, 0.4) is 0 Å². The van der Waals surface area contributed by atoms with Crippen molar-refractivity contribution in [2.75, 3.05) is 6.61 Å². The van der Waals surface area contributed by atoms with Crippen LogP contribution < -0.4 is 4.74 Å². The summed E-state index contributed by atoms with van der Waals surface area (Å²) in [5.41, 5.74) is 4.12. The van der Waals surface area contributed by atoms with Crippen molar-refractivity contribution in [3.8, 4) is 5.75 Å². The molecule has 0 radical (unpaired) electrons. The van der Waals surface area contributed by atoms with Crippen molar-refractivity contribution in [3.05, 3.63) is 64.7 Å². The largest absolute Gasteiger partial charge is 0.424 e. The summed E-state index contributed by atoms with van der Waals surface area (Å²) in [5.74, 6) is 0.259. The molecule has 0 heterocycles. The second kappa shape index (κ2) is 7.04. The zero-order valence-corrected chi connectivity index (χ0v) is 12.7. The molecule has 0 aliphatic carbocycles. The molecule has 3 nitrogen and oxygen atoms in total. The van der Waals surface area contributed by atoms with Gasteiger partial charge < -0.3 is 9.47 Å². The summed E-state index contributed by atoms with van der Waals surface area (Å²) in [6, 6.07) is 13.7. The predicted molar refractivity (Wildman–Crippen MR) is 82.4 cm³/mol. The predicted octanol–water partition coefficient (Wildman–Crippen LogP) is 3.73. The molecule has 3 heteroatoms. The van der Waals surface area contributed by atoms with E-state index in [4.69, 9.17) is 9.47 Å². The average Bonchev–Trinajstić information content (AvgIpc) is 2.44. The smallest absolute Gasteiger partial charge is 0.337 e. The Labute approximate surface area is 125 Å². The van der Waals surface area contributed by atoms with Crippen LogP contribution in [0.15, 0.2) is 42.5 Å². The van der Waals surface area contributed by atoms with Crippen LogP contribution in [0.1, 0.15) is 22.3 Å². The summed E-state index contributed by atoms with van der Waals surface area (Å²) in [6.45, 7) is 6.25. The van der Waals surface area contributed by atoms with Gasteiger partial charge in [0.15, 0.2) is 0 Å². The molecular formula is C18H20O3. The minimum absolute atomic E-state index is 0.0539. The Bertz CT molecular complexity index is 595. The van der Waals surface area contributed by atoms with Crippen molar-refractivity contribution < 1.29 is 14.3 Å². The van der Waals surface area contributed by atoms with Gasteiger partial charge in [-0.3, -0.25) is 0 Å². The summed E-state index contributed by atoms with van der Waals surface area (Å²) in [5, 5.41) is 0. The third-order valence-electron chi connectivity index (χ3n) is 3.15. The van der Waals surface area contributed by atoms with Gasteiger partial charge in [0.25, 0.3) is 0 Å². The number of carbonyl (C=O) groups excluding carboxylic acids is 1. The van der Waals surface area contributed by atoms with Crippen LogP contribution in [0, 0.1) is 20.8 Å². The number of ether oxygens (including phenoxy) is 2. The molecule has 0 fully saturated rings. The average molecular weight is 284 g/mol. The lowest BCUT2D eigenvalue weighted by atomic mass is 10.1. The Kier molecular flexibility index (Phi) is 5.12. The Morgan fingerprint density at radius 2 is 1.62 bits per heavy atom. The number of aryl methyl sites for hydroxylation is 3. The van der Waals surface area contributed by atoms with Gasteiger partial charge in [0.1, 0.15) is 12.4 Å². The molecule has 0 saturated carbocycles. The minimum Gasteiger partial charge on any atom is -0.424 e. The molecule has 0 aliphatic heterocycles. The summed E-state index contributed by atoms with van der Waals surface area (Å²) in [7, 11) is 0. The van der Waals surface area contributed by atoms with Crippen LogP contribution in [0.25, 0.3) is 0 Å². The van der Waals surface area contributed by atoms with Crippen molar-refractivity contribution in [1.82, 2.24) is 0 Å². The fraction of sp³-hybridized carbons (Fsp3) is 0.278. The highest BCUT2D eigenvalue weighted by atomic mass is 16.6. The van der Waals surface area contributed by atoms with Gasteiger partial charge in [-0.2, -0.15) is 0 Å². The van der Waals surface area contributed by atoms with E-state index < -0.39 is 0 Å². The Morgan fingerprint density at radius 3 is 2.24 bits per heavy atom. The van der Waals surface area contributed by atoms with Crippen LogP contribution in [0.4, 0.5) is 0 Å². The summed E-state index contributed by atoms with van der Waals surface area (Å²) in [4.78, 5) is 11.8. The van der Waals surface area contributed by atoms with E-state index in [1.807, 2.05) is 63.2 Å². The molecule has 0 unspecified atom stereocenters. The summed E-state index contributed by atoms with van der Waals surface area (Å²) >= 11 is 0. The second-order valence-electron chi connectivity index (χ2n) is 5.18. The van der Waals surface area contributed by atoms with E-state index in [2.05, 4.69) is 0 Å². The number of benzene rings is 2. The molecule has 2 aromatic rings. The zero-order valence-electron chi connectivity index (χ0n) is 12.7. The normalized spacial score (nSPS) is 10.4. The maximum atomic E-state index is 11.8. The quantitative estimate of drug-likeness (QED) is 0.620. The van der Waals surface area contributed by atoms with Crippen LogP contribution in [0.2, 0.25) is 0 Å². The lowest BCUT2D eigenvalue weighted by Gasteiger charge is -2.11. The maximum Gasteiger partial charge on any atom is 0.337 e. The molecule has 2 rings (SSSR count). The first-order valence-corrected chi connectivity index (χ1v) is 6.96. The van der Waals surface area contributed by atoms with Crippen molar-refractivity contribution in [1.29, 1.82) is 0 Å². The molecule has 0 aliphatic rings. The van der Waals surface area contributed by atoms with Crippen molar-refractivity contribution in [3.63, 3.8) is 0 Å². The number of carbonyl (C=O) groups is 1. The Hall–Kier alpha value is -2.13. The summed E-state index contributed by atoms with van der Waals surface area (Å²) in [6.07, 6.45) is 0. The fourth-order valence-corrected chi connectivity index (χ4v) is 2.30. The van der Waals surface area contributed by atoms with E-state index in [0.29, 0.717) is 12.4 Å². The topological polar surface area (TPSA) is 35.5 Å². The Balaban J connectivity index is 1.88. The molecule has 21 heavy (non-hydrogen) atoms. The lowest BCUT2D eigenvalue weighted by Crippen LogP contribution is -2.16. The molecule has 0 bridgehead atoms. The number of esters is 1. The van der Waals surface area contributed by atoms with Gasteiger partial charge in [0.05, 0.1) is 6.61 Å². The Morgan fingerprint density at radius 1 is 1.00 bits per heavy atom. The first kappa shape index (κ1) is 15.3. The standard InChI is InChI=1S/C18H20O3/c1-13-9-14(2)18(15(3)10-13)21-17(19)12-20-11-16-7-5-4-6-8-16/h4-10H,11-12H2,1-3H3. The van der Waals surface area contributed by atoms with Gasteiger partial charge in [0, 0.05) is 0 Å².